The lowest BCUT2D eigenvalue weighted by Gasteiger charge is -2.21. The summed E-state index contributed by atoms with van der Waals surface area (Å²) in [6, 6.07) is 3.85. The molecule has 6 nitrogen and oxygen atoms in total. The van der Waals surface area contributed by atoms with Crippen molar-refractivity contribution in [3.8, 4) is 0 Å². The molecule has 1 aliphatic heterocycles. The number of rotatable bonds is 5. The summed E-state index contributed by atoms with van der Waals surface area (Å²) in [6.07, 6.45) is -0.860. The maximum Gasteiger partial charge on any atom is 0.421 e. The Labute approximate surface area is 161 Å². The number of hydrogen-bond donors (Lipinski definition) is 3. The Morgan fingerprint density at radius 1 is 1.14 bits per heavy atom. The van der Waals surface area contributed by atoms with Crippen molar-refractivity contribution in [3.63, 3.8) is 0 Å². The molecule has 0 fully saturated rings. The maximum absolute atomic E-state index is 13.0. The molecule has 1 aromatic heterocycles. The molecule has 1 aromatic carbocycles. The summed E-state index contributed by atoms with van der Waals surface area (Å²) in [6.45, 7) is 3.20. The number of nitrogens with one attached hydrogen (secondary N) is 3. The molecular formula is C19H22F3N5O. The minimum absolute atomic E-state index is 0.0838. The van der Waals surface area contributed by atoms with Gasteiger partial charge in [0.1, 0.15) is 11.4 Å². The van der Waals surface area contributed by atoms with Gasteiger partial charge in [0.2, 0.25) is 5.95 Å². The minimum Gasteiger partial charge on any atom is -0.387 e. The molecule has 0 bridgehead atoms. The molecule has 28 heavy (non-hydrogen) atoms. The van der Waals surface area contributed by atoms with Gasteiger partial charge in [-0.1, -0.05) is 12.1 Å². The van der Waals surface area contributed by atoms with Crippen molar-refractivity contribution in [2.45, 2.75) is 19.5 Å². The van der Waals surface area contributed by atoms with Gasteiger partial charge in [-0.2, -0.15) is 18.2 Å². The Hall–Kier alpha value is -2.81. The van der Waals surface area contributed by atoms with Crippen LogP contribution in [0.3, 0.4) is 0 Å². The predicted octanol–water partition coefficient (Wildman–Crippen LogP) is 4.43. The Balaban J connectivity index is 1.94. The van der Waals surface area contributed by atoms with E-state index < -0.39 is 11.7 Å². The monoisotopic (exact) mass is 393 g/mol. The number of halogens is 3. The summed E-state index contributed by atoms with van der Waals surface area (Å²) in [5.41, 5.74) is 3.95. The Kier molecular flexibility index (Phi) is 5.73. The van der Waals surface area contributed by atoms with Gasteiger partial charge < -0.3 is 20.7 Å². The van der Waals surface area contributed by atoms with E-state index in [1.54, 1.807) is 0 Å². The van der Waals surface area contributed by atoms with E-state index in [2.05, 4.69) is 32.0 Å². The van der Waals surface area contributed by atoms with E-state index in [9.17, 15) is 13.2 Å². The van der Waals surface area contributed by atoms with Crippen molar-refractivity contribution in [1.82, 2.24) is 9.97 Å². The summed E-state index contributed by atoms with van der Waals surface area (Å²) in [5.74, 6) is -0.194. The van der Waals surface area contributed by atoms with Crippen molar-refractivity contribution < 1.29 is 17.9 Å². The van der Waals surface area contributed by atoms with Gasteiger partial charge in [0.15, 0.2) is 0 Å². The summed E-state index contributed by atoms with van der Waals surface area (Å²) < 4.78 is 44.4. The van der Waals surface area contributed by atoms with Crippen LogP contribution in [-0.2, 0) is 10.9 Å². The first-order chi connectivity index (χ1) is 13.3. The molecule has 3 rings (SSSR count). The van der Waals surface area contributed by atoms with Crippen LogP contribution < -0.4 is 16.0 Å². The summed E-state index contributed by atoms with van der Waals surface area (Å²) in [5, 5.41) is 8.71. The van der Waals surface area contributed by atoms with Crippen molar-refractivity contribution in [2.75, 3.05) is 43.3 Å². The second kappa shape index (κ2) is 8.05. The zero-order chi connectivity index (χ0) is 20.3. The highest BCUT2D eigenvalue weighted by molar-refractivity contribution is 5.83. The van der Waals surface area contributed by atoms with Gasteiger partial charge in [-0.05, 0) is 30.5 Å². The number of benzene rings is 1. The molecule has 1 aliphatic rings. The SMILES string of the molecule is CNc1nc(Nc2ccc(C3=CCOCC3)c(NC)c2C)ncc1C(F)(F)F. The molecule has 0 unspecified atom stereocenters. The first-order valence-corrected chi connectivity index (χ1v) is 8.82. The van der Waals surface area contributed by atoms with Crippen molar-refractivity contribution >= 4 is 28.7 Å². The fourth-order valence-corrected chi connectivity index (χ4v) is 3.17. The van der Waals surface area contributed by atoms with Gasteiger partial charge in [-0.15, -0.1) is 0 Å². The Bertz CT molecular complexity index is 896. The third kappa shape index (κ3) is 4.04. The number of anilines is 4. The highest BCUT2D eigenvalue weighted by Crippen LogP contribution is 2.36. The van der Waals surface area contributed by atoms with Crippen LogP contribution in [-0.4, -0.2) is 37.3 Å². The van der Waals surface area contributed by atoms with Crippen LogP contribution in [0.4, 0.5) is 36.3 Å². The zero-order valence-electron chi connectivity index (χ0n) is 15.9. The number of hydrogen-bond acceptors (Lipinski definition) is 6. The Morgan fingerprint density at radius 2 is 1.93 bits per heavy atom. The summed E-state index contributed by atoms with van der Waals surface area (Å²) >= 11 is 0. The number of ether oxygens (including phenoxy) is 1. The first-order valence-electron chi connectivity index (χ1n) is 8.82. The van der Waals surface area contributed by atoms with E-state index in [1.165, 1.54) is 12.6 Å². The first kappa shape index (κ1) is 19.9. The molecule has 0 atom stereocenters. The molecular weight excluding hydrogens is 371 g/mol. The van der Waals surface area contributed by atoms with Crippen LogP contribution in [0.2, 0.25) is 0 Å². The van der Waals surface area contributed by atoms with Crippen molar-refractivity contribution in [1.29, 1.82) is 0 Å². The van der Waals surface area contributed by atoms with E-state index in [0.29, 0.717) is 18.9 Å². The largest absolute Gasteiger partial charge is 0.421 e. The third-order valence-corrected chi connectivity index (χ3v) is 4.60. The molecule has 2 aromatic rings. The molecule has 2 heterocycles. The zero-order valence-corrected chi connectivity index (χ0v) is 15.9. The van der Waals surface area contributed by atoms with Crippen LogP contribution >= 0.6 is 0 Å². The number of alkyl halides is 3. The van der Waals surface area contributed by atoms with Gasteiger partial charge in [0, 0.05) is 37.2 Å². The average Bonchev–Trinajstić information content (AvgIpc) is 2.69. The van der Waals surface area contributed by atoms with Gasteiger partial charge in [-0.3, -0.25) is 0 Å². The standard InChI is InChI=1S/C19H22F3N5O/c1-11-15(5-4-13(16(11)23-2)12-6-8-28-9-7-12)26-18-25-10-14(19(20,21)22)17(24-3)27-18/h4-6,10,23H,7-9H2,1-3H3,(H2,24,25,26,27). The minimum atomic E-state index is -4.52. The molecule has 150 valence electrons. The average molecular weight is 393 g/mol. The van der Waals surface area contributed by atoms with E-state index in [0.717, 1.165) is 29.4 Å². The van der Waals surface area contributed by atoms with E-state index >= 15 is 0 Å². The molecule has 0 saturated heterocycles. The van der Waals surface area contributed by atoms with Crippen LogP contribution in [0.5, 0.6) is 0 Å². The molecule has 0 spiro atoms. The highest BCUT2D eigenvalue weighted by Gasteiger charge is 2.35. The van der Waals surface area contributed by atoms with Gasteiger partial charge in [0.25, 0.3) is 0 Å². The van der Waals surface area contributed by atoms with Gasteiger partial charge in [0.05, 0.1) is 13.2 Å². The molecule has 0 amide bonds. The second-order valence-corrected chi connectivity index (χ2v) is 6.29. The van der Waals surface area contributed by atoms with Crippen LogP contribution in [0, 0.1) is 6.92 Å². The lowest BCUT2D eigenvalue weighted by Crippen LogP contribution is -2.13. The predicted molar refractivity (Wildman–Crippen MR) is 104 cm³/mol. The fourth-order valence-electron chi connectivity index (χ4n) is 3.17. The quantitative estimate of drug-likeness (QED) is 0.698. The van der Waals surface area contributed by atoms with E-state index in [4.69, 9.17) is 4.74 Å². The molecule has 9 heteroatoms. The fraction of sp³-hybridized carbons (Fsp3) is 0.368. The lowest BCUT2D eigenvalue weighted by molar-refractivity contribution is -0.137. The maximum atomic E-state index is 13.0. The second-order valence-electron chi connectivity index (χ2n) is 6.29. The van der Waals surface area contributed by atoms with Crippen LogP contribution in [0.15, 0.2) is 24.4 Å². The summed E-state index contributed by atoms with van der Waals surface area (Å²) in [7, 11) is 3.23. The number of aromatic nitrogens is 2. The van der Waals surface area contributed by atoms with E-state index in [1.807, 2.05) is 26.1 Å². The smallest absolute Gasteiger partial charge is 0.387 e. The van der Waals surface area contributed by atoms with Crippen LogP contribution in [0.25, 0.3) is 5.57 Å². The van der Waals surface area contributed by atoms with Gasteiger partial charge in [-0.25, -0.2) is 4.98 Å². The van der Waals surface area contributed by atoms with Crippen molar-refractivity contribution in [3.05, 3.63) is 41.1 Å². The molecule has 0 saturated carbocycles. The van der Waals surface area contributed by atoms with E-state index in [-0.39, 0.29) is 11.8 Å². The Morgan fingerprint density at radius 3 is 2.54 bits per heavy atom. The topological polar surface area (TPSA) is 71.1 Å². The highest BCUT2D eigenvalue weighted by atomic mass is 19.4. The lowest BCUT2D eigenvalue weighted by atomic mass is 9.96. The molecule has 0 radical (unpaired) electrons. The third-order valence-electron chi connectivity index (χ3n) is 4.60. The molecule has 3 N–H and O–H groups in total. The number of nitrogens with zero attached hydrogens (tertiary/aromatic N) is 2. The normalized spacial score (nSPS) is 14.4. The molecule has 0 aliphatic carbocycles. The summed E-state index contributed by atoms with van der Waals surface area (Å²) in [4.78, 5) is 7.79. The van der Waals surface area contributed by atoms with Crippen LogP contribution in [0.1, 0.15) is 23.1 Å². The van der Waals surface area contributed by atoms with Gasteiger partial charge >= 0.3 is 6.18 Å². The van der Waals surface area contributed by atoms with Crippen molar-refractivity contribution in [2.24, 2.45) is 0 Å².